The van der Waals surface area contributed by atoms with E-state index in [1.807, 2.05) is 24.3 Å². The number of carboxylic acids is 4. The van der Waals surface area contributed by atoms with Crippen LogP contribution in [0.2, 0.25) is 0 Å². The van der Waals surface area contributed by atoms with E-state index in [9.17, 15) is 28.8 Å². The molecule has 0 bridgehead atoms. The minimum Gasteiger partial charge on any atom is -0.478 e. The molecule has 74 heavy (non-hydrogen) atoms. The third kappa shape index (κ3) is 13.3. The number of fused-ring (bicyclic) bond motifs is 4. The van der Waals surface area contributed by atoms with Crippen molar-refractivity contribution < 1.29 is 49.2 Å². The number of nitrogens with one attached hydrogen (secondary N) is 2. The molecule has 4 aromatic heterocycles. The number of carboxylic acid groups (broad SMARTS) is 4. The molecule has 21 heteroatoms. The van der Waals surface area contributed by atoms with Crippen molar-refractivity contribution in [3.8, 4) is 22.5 Å². The summed E-state index contributed by atoms with van der Waals surface area (Å²) in [6, 6.07) is 11.9. The molecule has 0 spiro atoms. The second kappa shape index (κ2) is 26.0. The van der Waals surface area contributed by atoms with Gasteiger partial charge in [0, 0.05) is 120 Å². The Kier molecular flexibility index (Phi) is 19.4. The molecule has 0 saturated carbocycles. The van der Waals surface area contributed by atoms with Crippen molar-refractivity contribution >= 4 is 68.6 Å². The van der Waals surface area contributed by atoms with Crippen molar-refractivity contribution in [2.75, 3.05) is 83.1 Å². The molecule has 0 amide bonds. The van der Waals surface area contributed by atoms with Crippen molar-refractivity contribution in [2.24, 2.45) is 0 Å². The Balaban J connectivity index is 0.000000482. The summed E-state index contributed by atoms with van der Waals surface area (Å²) in [6.45, 7) is 19.2. The SMILES string of the molecule is CCN(CC)CCn1nc2c3c(c(NCCCN(C)CCCNc4ccc5c6c(nn5CCN(CC)CC)-c5cnccc5C(=O)c46)ccc31)C(=O)c1ccncc1-2.O=C(O)/C=C\C(=O)O.O=C(O)/C=C\C(=O)O. The fourth-order valence-corrected chi connectivity index (χ4v) is 8.95. The zero-order valence-corrected chi connectivity index (χ0v) is 42.2. The first kappa shape index (κ1) is 55.2. The summed E-state index contributed by atoms with van der Waals surface area (Å²) in [6.07, 6.45) is 11.0. The zero-order valence-electron chi connectivity index (χ0n) is 42.2. The average Bonchev–Trinajstić information content (AvgIpc) is 3.96. The van der Waals surface area contributed by atoms with Gasteiger partial charge >= 0.3 is 23.9 Å². The molecule has 2 aliphatic rings. The van der Waals surface area contributed by atoms with Crippen molar-refractivity contribution in [1.29, 1.82) is 0 Å². The van der Waals surface area contributed by atoms with Crippen LogP contribution < -0.4 is 10.6 Å². The van der Waals surface area contributed by atoms with Crippen LogP contribution in [0.3, 0.4) is 0 Å². The molecule has 0 fully saturated rings. The number of aliphatic carboxylic acids is 4. The van der Waals surface area contributed by atoms with E-state index in [1.165, 1.54) is 0 Å². The second-order valence-corrected chi connectivity index (χ2v) is 17.3. The number of hydrogen-bond acceptors (Lipinski definition) is 15. The number of carbonyl (C=O) groups excluding carboxylic acids is 2. The summed E-state index contributed by atoms with van der Waals surface area (Å²) >= 11 is 0. The predicted molar refractivity (Wildman–Crippen MR) is 281 cm³/mol. The smallest absolute Gasteiger partial charge is 0.328 e. The Morgan fingerprint density at radius 3 is 1.24 bits per heavy atom. The quantitative estimate of drug-likeness (QED) is 0.0302. The molecule has 0 atom stereocenters. The number of anilines is 2. The van der Waals surface area contributed by atoms with Crippen LogP contribution in [0.4, 0.5) is 11.4 Å². The molecule has 0 radical (unpaired) electrons. The fourth-order valence-electron chi connectivity index (χ4n) is 8.95. The Bertz CT molecular complexity index is 2840. The van der Waals surface area contributed by atoms with Crippen LogP contribution >= 0.6 is 0 Å². The van der Waals surface area contributed by atoms with Crippen molar-refractivity contribution in [3.05, 3.63) is 108 Å². The van der Waals surface area contributed by atoms with Gasteiger partial charge in [-0.2, -0.15) is 10.2 Å². The van der Waals surface area contributed by atoms with E-state index >= 15 is 0 Å². The summed E-state index contributed by atoms with van der Waals surface area (Å²) in [5.74, 6) is -5.00. The highest BCUT2D eigenvalue weighted by molar-refractivity contribution is 6.28. The molecule has 6 N–H and O–H groups in total. The lowest BCUT2D eigenvalue weighted by atomic mass is 9.87. The zero-order chi connectivity index (χ0) is 53.5. The molecule has 6 aromatic rings. The summed E-state index contributed by atoms with van der Waals surface area (Å²) in [5, 5.41) is 50.4. The topological polar surface area (TPSA) is 279 Å². The second-order valence-electron chi connectivity index (χ2n) is 17.3. The lowest BCUT2D eigenvalue weighted by molar-refractivity contribution is -0.134. The van der Waals surface area contributed by atoms with Crippen LogP contribution in [-0.2, 0) is 32.3 Å². The maximum atomic E-state index is 14.0. The van der Waals surface area contributed by atoms with Crippen LogP contribution in [-0.4, -0.2) is 173 Å². The molecule has 4 heterocycles. The maximum Gasteiger partial charge on any atom is 0.328 e. The molecule has 21 nitrogen and oxygen atoms in total. The van der Waals surface area contributed by atoms with Gasteiger partial charge in [-0.1, -0.05) is 27.7 Å². The fraction of sp³-hybridized carbons (Fsp3) is 0.358. The molecule has 8 rings (SSSR count). The number of aromatic nitrogens is 6. The lowest BCUT2D eigenvalue weighted by Gasteiger charge is -2.20. The molecular formula is C53H63N11O10. The summed E-state index contributed by atoms with van der Waals surface area (Å²) in [4.78, 5) is 82.0. The number of ketones is 2. The molecule has 0 aliphatic heterocycles. The molecule has 2 aliphatic carbocycles. The van der Waals surface area contributed by atoms with Gasteiger partial charge < -0.3 is 45.8 Å². The number of rotatable bonds is 24. The number of benzene rings is 2. The largest absolute Gasteiger partial charge is 0.478 e. The van der Waals surface area contributed by atoms with E-state index < -0.39 is 23.9 Å². The first-order valence-corrected chi connectivity index (χ1v) is 24.6. The van der Waals surface area contributed by atoms with Gasteiger partial charge in [-0.3, -0.25) is 28.9 Å². The molecular weight excluding hydrogens is 951 g/mol. The Morgan fingerprint density at radius 1 is 0.541 bits per heavy atom. The van der Waals surface area contributed by atoms with Gasteiger partial charge in [-0.05, 0) is 95.6 Å². The number of hydrogen-bond donors (Lipinski definition) is 6. The lowest BCUT2D eigenvalue weighted by Crippen LogP contribution is -2.27. The van der Waals surface area contributed by atoms with Gasteiger partial charge in [-0.15, -0.1) is 0 Å². The van der Waals surface area contributed by atoms with Crippen molar-refractivity contribution in [1.82, 2.24) is 44.2 Å². The Morgan fingerprint density at radius 2 is 0.905 bits per heavy atom. The normalized spacial score (nSPS) is 12.3. The van der Waals surface area contributed by atoms with E-state index in [0.29, 0.717) is 46.6 Å². The van der Waals surface area contributed by atoms with Crippen molar-refractivity contribution in [2.45, 2.75) is 53.6 Å². The van der Waals surface area contributed by atoms with E-state index in [2.05, 4.69) is 91.5 Å². The summed E-state index contributed by atoms with van der Waals surface area (Å²) in [7, 11) is 2.15. The van der Waals surface area contributed by atoms with Gasteiger partial charge in [0.05, 0.1) is 35.2 Å². The van der Waals surface area contributed by atoms with Gasteiger partial charge in [0.15, 0.2) is 11.6 Å². The number of likely N-dealkylation sites (N-methyl/N-ethyl adjacent to an activating group) is 2. The van der Waals surface area contributed by atoms with E-state index in [-0.39, 0.29) is 11.6 Å². The molecule has 0 unspecified atom stereocenters. The predicted octanol–water partition coefficient (Wildman–Crippen LogP) is 5.94. The first-order chi connectivity index (χ1) is 35.6. The highest BCUT2D eigenvalue weighted by atomic mass is 16.4. The van der Waals surface area contributed by atoms with Crippen LogP contribution in [0.1, 0.15) is 72.4 Å². The Hall–Kier alpha value is -8.14. The van der Waals surface area contributed by atoms with Gasteiger partial charge in [0.1, 0.15) is 11.4 Å². The average molecular weight is 1010 g/mol. The summed E-state index contributed by atoms with van der Waals surface area (Å²) < 4.78 is 4.11. The van der Waals surface area contributed by atoms with Crippen LogP contribution in [0.5, 0.6) is 0 Å². The third-order valence-electron chi connectivity index (χ3n) is 12.8. The number of pyridine rings is 2. The number of nitrogens with zero attached hydrogens (tertiary/aromatic N) is 9. The molecule has 0 saturated heterocycles. The van der Waals surface area contributed by atoms with Gasteiger partial charge in [-0.25, -0.2) is 19.2 Å². The highest BCUT2D eigenvalue weighted by Crippen LogP contribution is 2.43. The minimum atomic E-state index is -1.26. The van der Waals surface area contributed by atoms with Crippen LogP contribution in [0.15, 0.2) is 85.5 Å². The first-order valence-electron chi connectivity index (χ1n) is 24.6. The Labute approximate surface area is 427 Å². The molecule has 390 valence electrons. The summed E-state index contributed by atoms with van der Waals surface area (Å²) in [5.41, 5.74) is 9.65. The third-order valence-corrected chi connectivity index (χ3v) is 12.8. The molecule has 2 aromatic carbocycles. The standard InChI is InChI=1S/C45H55N11O2.2C4H4O4/c1-6-53(7-2)24-26-55-36-14-12-34(38-40(36)42(50-55)32-28-46-20-16-30(32)44(38)57)48-18-10-22-52(5)23-11-19-49-35-13-15-37-41-39(35)45(58)31-17-21-47-29-33(31)43(41)51-56(37)27-25-54(8-3)9-4;2*5-3(6)1-2-4(7)8/h12-17,20-21,28-29,48-49H,6-11,18-19,22-27H2,1-5H3;2*1-2H,(H,5,6)(H,7,8)/b;2*2-1-. The van der Waals surface area contributed by atoms with E-state index in [1.54, 1.807) is 24.8 Å². The number of carbonyl (C=O) groups is 6. The monoisotopic (exact) mass is 1010 g/mol. The van der Waals surface area contributed by atoms with Gasteiger partial charge in [0.2, 0.25) is 0 Å². The maximum absolute atomic E-state index is 14.0. The van der Waals surface area contributed by atoms with Gasteiger partial charge in [0.25, 0.3) is 0 Å². The van der Waals surface area contributed by atoms with E-state index in [0.717, 1.165) is 147 Å². The highest BCUT2D eigenvalue weighted by Gasteiger charge is 2.33. The minimum absolute atomic E-state index is 0.0162. The van der Waals surface area contributed by atoms with Crippen LogP contribution in [0.25, 0.3) is 44.3 Å². The van der Waals surface area contributed by atoms with E-state index in [4.69, 9.17) is 30.6 Å². The van der Waals surface area contributed by atoms with Crippen molar-refractivity contribution in [3.63, 3.8) is 0 Å². The van der Waals surface area contributed by atoms with Crippen LogP contribution in [0, 0.1) is 0 Å².